The molecule has 2 unspecified atom stereocenters. The summed E-state index contributed by atoms with van der Waals surface area (Å²) < 4.78 is 0. The lowest BCUT2D eigenvalue weighted by Crippen LogP contribution is -2.42. The fraction of sp³-hybridized carbons (Fsp3) is 0.632. The van der Waals surface area contributed by atoms with Gasteiger partial charge >= 0.3 is 0 Å². The number of anilines is 1. The molecule has 0 radical (unpaired) electrons. The molecule has 24 heavy (non-hydrogen) atoms. The van der Waals surface area contributed by atoms with Crippen LogP contribution in [0.25, 0.3) is 0 Å². The average Bonchev–Trinajstić information content (AvgIpc) is 2.92. The molecule has 1 amide bonds. The molecule has 2 fully saturated rings. The Bertz CT molecular complexity index is 565. The number of amides is 1. The summed E-state index contributed by atoms with van der Waals surface area (Å²) in [6.07, 6.45) is 4.98. The minimum Gasteiger partial charge on any atom is -0.325 e. The molecular weight excluding hydrogens is 322 g/mol. The van der Waals surface area contributed by atoms with Crippen LogP contribution in [0.5, 0.6) is 0 Å². The molecule has 2 saturated heterocycles. The highest BCUT2D eigenvalue weighted by Crippen LogP contribution is 2.41. The third-order valence-electron chi connectivity index (χ3n) is 5.86. The van der Waals surface area contributed by atoms with Crippen LogP contribution in [0.15, 0.2) is 24.3 Å². The summed E-state index contributed by atoms with van der Waals surface area (Å²) in [4.78, 5) is 15.0. The van der Waals surface area contributed by atoms with Crippen LogP contribution in [0, 0.1) is 11.8 Å². The maximum atomic E-state index is 12.4. The normalized spacial score (nSPS) is 28.1. The highest BCUT2D eigenvalue weighted by atomic mass is 35.5. The van der Waals surface area contributed by atoms with Crippen LogP contribution in [0.3, 0.4) is 0 Å². The summed E-state index contributed by atoms with van der Waals surface area (Å²) in [5, 5.41) is 6.58. The minimum atomic E-state index is 0. The molecule has 0 saturated carbocycles. The lowest BCUT2D eigenvalue weighted by atomic mass is 9.80. The Hall–Kier alpha value is -1.10. The van der Waals surface area contributed by atoms with Gasteiger partial charge in [-0.1, -0.05) is 18.2 Å². The van der Waals surface area contributed by atoms with Gasteiger partial charge in [-0.15, -0.1) is 12.4 Å². The van der Waals surface area contributed by atoms with Crippen molar-refractivity contribution in [3.05, 3.63) is 29.8 Å². The largest absolute Gasteiger partial charge is 0.325 e. The Morgan fingerprint density at radius 2 is 1.92 bits per heavy atom. The highest BCUT2D eigenvalue weighted by Gasteiger charge is 2.38. The summed E-state index contributed by atoms with van der Waals surface area (Å²) in [5.74, 6) is 1.60. The van der Waals surface area contributed by atoms with Gasteiger partial charge in [0.05, 0.1) is 5.92 Å². The van der Waals surface area contributed by atoms with E-state index in [0.717, 1.165) is 37.5 Å². The van der Waals surface area contributed by atoms with Gasteiger partial charge in [-0.3, -0.25) is 4.79 Å². The standard InChI is InChI=1S/C19H27N3O.ClH/c23-19-18(16-5-1-2-6-17(16)21-19)15-7-10-22(11-8-15)13-14-4-3-9-20-12-14;/h1-2,5-6,14-15,18,20H,3-4,7-13H2,(H,21,23);1H. The monoisotopic (exact) mass is 349 g/mol. The Kier molecular flexibility index (Phi) is 5.80. The van der Waals surface area contributed by atoms with Gasteiger partial charge in [0.15, 0.2) is 0 Å². The van der Waals surface area contributed by atoms with Crippen molar-refractivity contribution in [3.63, 3.8) is 0 Å². The number of likely N-dealkylation sites (tertiary alicyclic amines) is 1. The summed E-state index contributed by atoms with van der Waals surface area (Å²) in [5.41, 5.74) is 2.24. The fourth-order valence-electron chi connectivity index (χ4n) is 4.62. The summed E-state index contributed by atoms with van der Waals surface area (Å²) in [6, 6.07) is 8.20. The highest BCUT2D eigenvalue weighted by molar-refractivity contribution is 6.03. The Balaban J connectivity index is 0.00000169. The molecule has 5 heteroatoms. The van der Waals surface area contributed by atoms with E-state index in [-0.39, 0.29) is 24.2 Å². The van der Waals surface area contributed by atoms with Gasteiger partial charge in [-0.2, -0.15) is 0 Å². The van der Waals surface area contributed by atoms with E-state index in [9.17, 15) is 4.79 Å². The molecule has 0 aromatic heterocycles. The molecular formula is C19H28ClN3O. The molecule has 1 aromatic rings. The van der Waals surface area contributed by atoms with Crippen molar-refractivity contribution in [2.24, 2.45) is 11.8 Å². The zero-order valence-electron chi connectivity index (χ0n) is 14.2. The van der Waals surface area contributed by atoms with Crippen molar-refractivity contribution in [1.29, 1.82) is 0 Å². The van der Waals surface area contributed by atoms with E-state index in [1.165, 1.54) is 38.0 Å². The Labute approximate surface area is 150 Å². The van der Waals surface area contributed by atoms with Crippen LogP contribution in [0.2, 0.25) is 0 Å². The van der Waals surface area contributed by atoms with Crippen molar-refractivity contribution in [2.45, 2.75) is 31.6 Å². The van der Waals surface area contributed by atoms with Gasteiger partial charge < -0.3 is 15.5 Å². The van der Waals surface area contributed by atoms with Crippen LogP contribution in [-0.4, -0.2) is 43.5 Å². The lowest BCUT2D eigenvalue weighted by molar-refractivity contribution is -0.118. The Morgan fingerprint density at radius 3 is 2.67 bits per heavy atom. The molecule has 3 aliphatic rings. The van der Waals surface area contributed by atoms with Gasteiger partial charge in [0.1, 0.15) is 0 Å². The molecule has 4 nitrogen and oxygen atoms in total. The lowest BCUT2D eigenvalue weighted by Gasteiger charge is -2.37. The first-order chi connectivity index (χ1) is 11.3. The minimum absolute atomic E-state index is 0. The quantitative estimate of drug-likeness (QED) is 0.882. The maximum Gasteiger partial charge on any atom is 0.232 e. The van der Waals surface area contributed by atoms with Crippen LogP contribution in [0.4, 0.5) is 5.69 Å². The predicted octanol–water partition coefficient (Wildman–Crippen LogP) is 2.86. The molecule has 132 valence electrons. The molecule has 2 N–H and O–H groups in total. The van der Waals surface area contributed by atoms with E-state index < -0.39 is 0 Å². The third-order valence-corrected chi connectivity index (χ3v) is 5.86. The number of carbonyl (C=O) groups excluding carboxylic acids is 1. The maximum absolute atomic E-state index is 12.4. The third kappa shape index (κ3) is 3.61. The van der Waals surface area contributed by atoms with Crippen molar-refractivity contribution in [1.82, 2.24) is 10.2 Å². The van der Waals surface area contributed by atoms with Gasteiger partial charge in [0.2, 0.25) is 5.91 Å². The number of carbonyl (C=O) groups is 1. The first kappa shape index (κ1) is 17.7. The summed E-state index contributed by atoms with van der Waals surface area (Å²) in [6.45, 7) is 5.89. The molecule has 0 bridgehead atoms. The van der Waals surface area contributed by atoms with Crippen molar-refractivity contribution in [2.75, 3.05) is 38.0 Å². The number of fused-ring (bicyclic) bond motifs is 1. The molecule has 3 heterocycles. The second kappa shape index (κ2) is 7.85. The number of nitrogens with one attached hydrogen (secondary N) is 2. The fourth-order valence-corrected chi connectivity index (χ4v) is 4.62. The Morgan fingerprint density at radius 1 is 1.12 bits per heavy atom. The molecule has 0 spiro atoms. The zero-order valence-corrected chi connectivity index (χ0v) is 15.0. The van der Waals surface area contributed by atoms with E-state index in [1.54, 1.807) is 0 Å². The van der Waals surface area contributed by atoms with E-state index in [1.807, 2.05) is 12.1 Å². The van der Waals surface area contributed by atoms with Gasteiger partial charge in [0.25, 0.3) is 0 Å². The number of para-hydroxylation sites is 1. The average molecular weight is 350 g/mol. The second-order valence-corrected chi connectivity index (χ2v) is 7.40. The number of piperidine rings is 2. The number of rotatable bonds is 3. The van der Waals surface area contributed by atoms with Crippen LogP contribution < -0.4 is 10.6 Å². The van der Waals surface area contributed by atoms with E-state index in [0.29, 0.717) is 5.92 Å². The number of nitrogens with zero attached hydrogens (tertiary/aromatic N) is 1. The first-order valence-electron chi connectivity index (χ1n) is 9.14. The molecule has 3 aliphatic heterocycles. The van der Waals surface area contributed by atoms with E-state index in [4.69, 9.17) is 0 Å². The molecule has 1 aromatic carbocycles. The molecule has 2 atom stereocenters. The van der Waals surface area contributed by atoms with Gasteiger partial charge in [-0.05, 0) is 75.3 Å². The second-order valence-electron chi connectivity index (χ2n) is 7.40. The van der Waals surface area contributed by atoms with Crippen molar-refractivity contribution >= 4 is 24.0 Å². The van der Waals surface area contributed by atoms with E-state index in [2.05, 4.69) is 27.7 Å². The topological polar surface area (TPSA) is 44.4 Å². The number of hydrogen-bond acceptors (Lipinski definition) is 3. The van der Waals surface area contributed by atoms with Crippen molar-refractivity contribution in [3.8, 4) is 0 Å². The SMILES string of the molecule is Cl.O=C1Nc2ccccc2C1C1CCN(CC2CCCNC2)CC1. The predicted molar refractivity (Wildman–Crippen MR) is 99.8 cm³/mol. The van der Waals surface area contributed by atoms with Gasteiger partial charge in [-0.25, -0.2) is 0 Å². The first-order valence-corrected chi connectivity index (χ1v) is 9.14. The smallest absolute Gasteiger partial charge is 0.232 e. The van der Waals surface area contributed by atoms with Crippen LogP contribution in [-0.2, 0) is 4.79 Å². The number of benzene rings is 1. The zero-order chi connectivity index (χ0) is 15.6. The summed E-state index contributed by atoms with van der Waals surface area (Å²) >= 11 is 0. The summed E-state index contributed by atoms with van der Waals surface area (Å²) in [7, 11) is 0. The van der Waals surface area contributed by atoms with Crippen LogP contribution in [0.1, 0.15) is 37.2 Å². The van der Waals surface area contributed by atoms with Gasteiger partial charge in [0, 0.05) is 12.2 Å². The molecule has 0 aliphatic carbocycles. The number of halogens is 1. The molecule has 4 rings (SSSR count). The van der Waals surface area contributed by atoms with Crippen LogP contribution >= 0.6 is 12.4 Å². The van der Waals surface area contributed by atoms with Crippen molar-refractivity contribution < 1.29 is 4.79 Å². The van der Waals surface area contributed by atoms with E-state index >= 15 is 0 Å². The number of hydrogen-bond donors (Lipinski definition) is 2.